The predicted molar refractivity (Wildman–Crippen MR) is 58.6 cm³/mol. The van der Waals surface area contributed by atoms with Gasteiger partial charge in [0.05, 0.1) is 13.2 Å². The van der Waals surface area contributed by atoms with Crippen molar-refractivity contribution in [1.82, 2.24) is 0 Å². The first-order chi connectivity index (χ1) is 9.04. The highest BCUT2D eigenvalue weighted by Crippen LogP contribution is 2.24. The molecule has 1 aliphatic rings. The van der Waals surface area contributed by atoms with Crippen LogP contribution in [-0.2, 0) is 14.2 Å². The first kappa shape index (κ1) is 16.0. The van der Waals surface area contributed by atoms with Crippen molar-refractivity contribution < 1.29 is 44.8 Å². The minimum atomic E-state index is -1.66. The Balaban J connectivity index is 2.71. The van der Waals surface area contributed by atoms with Crippen LogP contribution in [-0.4, -0.2) is 81.2 Å². The van der Waals surface area contributed by atoms with Gasteiger partial charge in [-0.25, -0.2) is 0 Å². The highest BCUT2D eigenvalue weighted by molar-refractivity contribution is 4.92. The second-order valence-electron chi connectivity index (χ2n) is 3.83. The molecule has 5 atom stereocenters. The van der Waals surface area contributed by atoms with E-state index in [4.69, 9.17) is 29.5 Å². The van der Waals surface area contributed by atoms with Gasteiger partial charge in [-0.3, -0.25) is 0 Å². The summed E-state index contributed by atoms with van der Waals surface area (Å²) in [4.78, 5) is 0. The molecule has 9 heteroatoms. The maximum atomic E-state index is 9.74. The fourth-order valence-electron chi connectivity index (χ4n) is 1.59. The summed E-state index contributed by atoms with van der Waals surface area (Å²) in [6.45, 7) is -1.08. The third kappa shape index (κ3) is 3.93. The molecule has 0 bridgehead atoms. The summed E-state index contributed by atoms with van der Waals surface area (Å²) in [7, 11) is 0. The van der Waals surface area contributed by atoms with Gasteiger partial charge < -0.3 is 44.8 Å². The molecular formula is C10H18O9. The van der Waals surface area contributed by atoms with Gasteiger partial charge in [0.2, 0.25) is 0 Å². The van der Waals surface area contributed by atoms with Gasteiger partial charge in [0, 0.05) is 0 Å². The average molecular weight is 282 g/mol. The molecular weight excluding hydrogens is 264 g/mol. The van der Waals surface area contributed by atoms with Crippen molar-refractivity contribution >= 4 is 0 Å². The smallest absolute Gasteiger partial charge is 0.315 e. The molecule has 2 unspecified atom stereocenters. The van der Waals surface area contributed by atoms with E-state index in [1.807, 2.05) is 0 Å². The molecule has 0 spiro atoms. The minimum Gasteiger partial charge on any atom is -0.508 e. The molecule has 1 saturated heterocycles. The van der Waals surface area contributed by atoms with Crippen LogP contribution in [0.15, 0.2) is 12.2 Å². The number of rotatable bonds is 6. The molecule has 0 aromatic rings. The molecule has 9 nitrogen and oxygen atoms in total. The minimum absolute atomic E-state index is 0.162. The maximum absolute atomic E-state index is 9.74. The van der Waals surface area contributed by atoms with Crippen molar-refractivity contribution in [1.29, 1.82) is 0 Å². The zero-order valence-electron chi connectivity index (χ0n) is 9.99. The summed E-state index contributed by atoms with van der Waals surface area (Å²) in [5.41, 5.74) is 0. The topological polar surface area (TPSA) is 149 Å². The van der Waals surface area contributed by atoms with Gasteiger partial charge in [-0.1, -0.05) is 0 Å². The highest BCUT2D eigenvalue weighted by Gasteiger charge is 2.45. The van der Waals surface area contributed by atoms with Crippen LogP contribution in [0.5, 0.6) is 0 Å². The molecule has 1 fully saturated rings. The van der Waals surface area contributed by atoms with E-state index >= 15 is 0 Å². The van der Waals surface area contributed by atoms with Crippen molar-refractivity contribution in [2.75, 3.05) is 19.8 Å². The van der Waals surface area contributed by atoms with Crippen LogP contribution in [0.3, 0.4) is 0 Å². The molecule has 1 aliphatic heterocycles. The van der Waals surface area contributed by atoms with E-state index in [1.54, 1.807) is 0 Å². The third-order valence-corrected chi connectivity index (χ3v) is 2.53. The molecule has 0 aliphatic carbocycles. The Morgan fingerprint density at radius 1 is 1.16 bits per heavy atom. The average Bonchev–Trinajstić information content (AvgIpc) is 2.42. The van der Waals surface area contributed by atoms with Crippen LogP contribution in [0.2, 0.25) is 0 Å². The Bertz CT molecular complexity index is 293. The standard InChI is InChI=1S/C10H18O9/c11-1-2-17-6(4-13)19-9-5(3-12)18-10(16)8(15)7(9)14/h4-5,7-16H,1-3H2/b6-4-/t5?,7?,8-,9+,10-/m0/s1. The van der Waals surface area contributed by atoms with Gasteiger partial charge in [0.1, 0.15) is 24.9 Å². The predicted octanol–water partition coefficient (Wildman–Crippen LogP) is -2.83. The lowest BCUT2D eigenvalue weighted by Gasteiger charge is -2.39. The van der Waals surface area contributed by atoms with Crippen molar-refractivity contribution in [3.63, 3.8) is 0 Å². The molecule has 0 amide bonds. The zero-order valence-corrected chi connectivity index (χ0v) is 9.99. The van der Waals surface area contributed by atoms with E-state index in [2.05, 4.69) is 0 Å². The van der Waals surface area contributed by atoms with E-state index in [9.17, 15) is 15.3 Å². The monoisotopic (exact) mass is 282 g/mol. The Morgan fingerprint density at radius 3 is 2.37 bits per heavy atom. The first-order valence-electron chi connectivity index (χ1n) is 5.60. The largest absolute Gasteiger partial charge is 0.508 e. The number of aliphatic hydroxyl groups excluding tert-OH is 6. The van der Waals surface area contributed by atoms with Crippen LogP contribution >= 0.6 is 0 Å². The molecule has 0 aromatic heterocycles. The fraction of sp³-hybridized carbons (Fsp3) is 0.800. The lowest BCUT2D eigenvalue weighted by molar-refractivity contribution is -0.294. The number of hydrogen-bond donors (Lipinski definition) is 6. The van der Waals surface area contributed by atoms with Gasteiger partial charge in [0.15, 0.2) is 18.7 Å². The van der Waals surface area contributed by atoms with Crippen molar-refractivity contribution in [3.05, 3.63) is 12.2 Å². The van der Waals surface area contributed by atoms with Crippen LogP contribution in [0.25, 0.3) is 0 Å². The summed E-state index contributed by atoms with van der Waals surface area (Å²) in [6, 6.07) is 0. The van der Waals surface area contributed by atoms with Crippen LogP contribution in [0.4, 0.5) is 0 Å². The van der Waals surface area contributed by atoms with Gasteiger partial charge >= 0.3 is 5.95 Å². The summed E-state index contributed by atoms with van der Waals surface area (Å²) in [5, 5.41) is 55.0. The Morgan fingerprint density at radius 2 is 1.84 bits per heavy atom. The molecule has 1 rings (SSSR count). The highest BCUT2D eigenvalue weighted by atomic mass is 16.7. The maximum Gasteiger partial charge on any atom is 0.315 e. The fourth-order valence-corrected chi connectivity index (χ4v) is 1.59. The van der Waals surface area contributed by atoms with E-state index in [0.29, 0.717) is 6.26 Å². The van der Waals surface area contributed by atoms with E-state index in [0.717, 1.165) is 0 Å². The molecule has 1 heterocycles. The van der Waals surface area contributed by atoms with Gasteiger partial charge in [-0.15, -0.1) is 0 Å². The lowest BCUT2D eigenvalue weighted by atomic mass is 9.99. The van der Waals surface area contributed by atoms with Crippen molar-refractivity contribution in [2.24, 2.45) is 0 Å². The summed E-state index contributed by atoms with van der Waals surface area (Å²) >= 11 is 0. The van der Waals surface area contributed by atoms with Crippen LogP contribution < -0.4 is 0 Å². The summed E-state index contributed by atoms with van der Waals surface area (Å²) in [6.07, 6.45) is -6.79. The van der Waals surface area contributed by atoms with Gasteiger partial charge in [-0.2, -0.15) is 0 Å². The molecule has 0 radical (unpaired) electrons. The molecule has 6 N–H and O–H groups in total. The van der Waals surface area contributed by atoms with E-state index in [-0.39, 0.29) is 13.2 Å². The van der Waals surface area contributed by atoms with E-state index in [1.165, 1.54) is 0 Å². The number of ether oxygens (including phenoxy) is 3. The third-order valence-electron chi connectivity index (χ3n) is 2.53. The van der Waals surface area contributed by atoms with Crippen LogP contribution in [0.1, 0.15) is 0 Å². The van der Waals surface area contributed by atoms with Crippen molar-refractivity contribution in [3.8, 4) is 0 Å². The Kier molecular flexibility index (Phi) is 6.28. The van der Waals surface area contributed by atoms with Gasteiger partial charge in [-0.05, 0) is 0 Å². The Hall–Kier alpha value is -1.10. The Labute approximate surface area is 108 Å². The molecule has 0 aromatic carbocycles. The summed E-state index contributed by atoms with van der Waals surface area (Å²) in [5.74, 6) is -0.427. The SMILES string of the molecule is O/C=C(/OCCO)O[C@@H]1C(CO)O[C@H](O)[C@@H](O)C1O. The zero-order chi connectivity index (χ0) is 14.4. The van der Waals surface area contributed by atoms with Gasteiger partial charge in [0.25, 0.3) is 0 Å². The van der Waals surface area contributed by atoms with Crippen LogP contribution in [0, 0.1) is 0 Å². The first-order valence-corrected chi connectivity index (χ1v) is 5.60. The number of hydrogen-bond acceptors (Lipinski definition) is 9. The second kappa shape index (κ2) is 7.48. The van der Waals surface area contributed by atoms with Crippen molar-refractivity contribution in [2.45, 2.75) is 30.7 Å². The second-order valence-corrected chi connectivity index (χ2v) is 3.83. The molecule has 0 saturated carbocycles. The molecule has 112 valence electrons. The summed E-state index contributed by atoms with van der Waals surface area (Å²) < 4.78 is 14.7. The number of aliphatic hydroxyl groups is 6. The molecule has 19 heavy (non-hydrogen) atoms. The van der Waals surface area contributed by atoms with E-state index < -0.39 is 43.3 Å². The normalized spacial score (nSPS) is 36.1. The quantitative estimate of drug-likeness (QED) is 0.283. The lowest BCUT2D eigenvalue weighted by Crippen LogP contribution is -2.59.